The fourth-order valence-corrected chi connectivity index (χ4v) is 3.43. The highest BCUT2D eigenvalue weighted by atomic mass is 35.5. The number of rotatable bonds is 2. The Labute approximate surface area is 107 Å². The van der Waals surface area contributed by atoms with Crippen molar-refractivity contribution in [3.05, 3.63) is 37.2 Å². The Balaban J connectivity index is 2.05. The zero-order chi connectivity index (χ0) is 12.0. The molecule has 1 aliphatic rings. The Hall–Kier alpha value is -1.18. The number of oxazole rings is 1. The van der Waals surface area contributed by atoms with Crippen LogP contribution in [0, 0.1) is 0 Å². The maximum Gasteiger partial charge on any atom is 0.420 e. The summed E-state index contributed by atoms with van der Waals surface area (Å²) in [7, 11) is -1.35. The molecule has 0 saturated heterocycles. The van der Waals surface area contributed by atoms with Crippen molar-refractivity contribution < 1.29 is 8.63 Å². The summed E-state index contributed by atoms with van der Waals surface area (Å²) in [4.78, 5) is 16.3. The van der Waals surface area contributed by atoms with E-state index in [1.807, 2.05) is 0 Å². The van der Waals surface area contributed by atoms with E-state index in [-0.39, 0.29) is 5.09 Å². The Kier molecular flexibility index (Phi) is 2.53. The standard InChI is InChI=1S/C9H5ClN2O3S2/c10-8-11-3-5(16-8)4-12-6-1-2-17(14)7(6)15-9(12)13/h1-3H,4H2. The summed E-state index contributed by atoms with van der Waals surface area (Å²) < 4.78 is 18.2. The van der Waals surface area contributed by atoms with Crippen molar-refractivity contribution in [2.75, 3.05) is 0 Å². The summed E-state index contributed by atoms with van der Waals surface area (Å²) in [6.45, 7) is 0.323. The zero-order valence-electron chi connectivity index (χ0n) is 8.25. The number of nitrogens with zero attached hydrogens (tertiary/aromatic N) is 2. The molecule has 0 amide bonds. The van der Waals surface area contributed by atoms with Crippen LogP contribution in [0.5, 0.6) is 0 Å². The average molecular weight is 289 g/mol. The lowest BCUT2D eigenvalue weighted by Gasteiger charge is -1.98. The van der Waals surface area contributed by atoms with Gasteiger partial charge in [0, 0.05) is 16.5 Å². The van der Waals surface area contributed by atoms with Gasteiger partial charge in [0.15, 0.2) is 4.47 Å². The van der Waals surface area contributed by atoms with Gasteiger partial charge in [-0.3, -0.25) is 4.57 Å². The maximum absolute atomic E-state index is 11.6. The monoisotopic (exact) mass is 288 g/mol. The molecule has 0 N–H and O–H groups in total. The van der Waals surface area contributed by atoms with Crippen LogP contribution in [0.15, 0.2) is 25.9 Å². The van der Waals surface area contributed by atoms with E-state index >= 15 is 0 Å². The van der Waals surface area contributed by atoms with Gasteiger partial charge in [0.05, 0.1) is 6.54 Å². The van der Waals surface area contributed by atoms with Crippen LogP contribution in [0.2, 0.25) is 4.47 Å². The number of fused-ring (bicyclic) bond motifs is 1. The molecule has 3 heterocycles. The van der Waals surface area contributed by atoms with E-state index < -0.39 is 16.6 Å². The third-order valence-electron chi connectivity index (χ3n) is 2.27. The van der Waals surface area contributed by atoms with E-state index in [2.05, 4.69) is 4.98 Å². The van der Waals surface area contributed by atoms with Gasteiger partial charge >= 0.3 is 5.76 Å². The zero-order valence-corrected chi connectivity index (χ0v) is 10.6. The molecule has 0 saturated carbocycles. The van der Waals surface area contributed by atoms with Crippen LogP contribution < -0.4 is 5.76 Å². The maximum atomic E-state index is 11.6. The molecule has 0 bridgehead atoms. The first-order valence-corrected chi connectivity index (χ1v) is 6.98. The molecular weight excluding hydrogens is 284 g/mol. The first-order chi connectivity index (χ1) is 8.15. The Morgan fingerprint density at radius 2 is 2.41 bits per heavy atom. The Morgan fingerprint density at radius 3 is 3.12 bits per heavy atom. The number of aromatic nitrogens is 2. The molecular formula is C9H5ClN2O3S2. The van der Waals surface area contributed by atoms with Crippen molar-refractivity contribution in [1.29, 1.82) is 0 Å². The van der Waals surface area contributed by atoms with Crippen molar-refractivity contribution in [2.45, 2.75) is 11.6 Å². The molecule has 0 spiro atoms. The second kappa shape index (κ2) is 3.94. The van der Waals surface area contributed by atoms with E-state index in [4.69, 9.17) is 16.0 Å². The van der Waals surface area contributed by atoms with E-state index in [0.717, 1.165) is 4.88 Å². The molecule has 0 aromatic carbocycles. The van der Waals surface area contributed by atoms with E-state index in [1.54, 1.807) is 12.3 Å². The van der Waals surface area contributed by atoms with Crippen LogP contribution in [0.25, 0.3) is 6.08 Å². The van der Waals surface area contributed by atoms with E-state index in [0.29, 0.717) is 16.7 Å². The summed E-state index contributed by atoms with van der Waals surface area (Å²) in [5, 5.41) is 1.70. The molecule has 88 valence electrons. The molecule has 1 unspecified atom stereocenters. The smallest absolute Gasteiger partial charge is 0.398 e. The van der Waals surface area contributed by atoms with Gasteiger partial charge in [-0.05, 0) is 6.08 Å². The van der Waals surface area contributed by atoms with Crippen molar-refractivity contribution in [3.63, 3.8) is 0 Å². The lowest BCUT2D eigenvalue weighted by molar-refractivity contribution is 0.417. The first kappa shape index (κ1) is 10.9. The predicted molar refractivity (Wildman–Crippen MR) is 64.6 cm³/mol. The van der Waals surface area contributed by atoms with Gasteiger partial charge in [-0.2, -0.15) is 0 Å². The molecule has 2 aromatic rings. The van der Waals surface area contributed by atoms with Gasteiger partial charge in [0.25, 0.3) is 0 Å². The minimum atomic E-state index is -1.35. The minimum absolute atomic E-state index is 0.214. The van der Waals surface area contributed by atoms with Gasteiger partial charge in [-0.15, -0.1) is 11.3 Å². The lowest BCUT2D eigenvalue weighted by Crippen LogP contribution is -2.15. The lowest BCUT2D eigenvalue weighted by atomic mass is 10.4. The molecule has 0 aliphatic carbocycles. The van der Waals surface area contributed by atoms with Crippen molar-refractivity contribution >= 4 is 39.8 Å². The highest BCUT2D eigenvalue weighted by molar-refractivity contribution is 7.88. The molecule has 5 nitrogen and oxygen atoms in total. The fraction of sp³-hybridized carbons (Fsp3) is 0.111. The molecule has 8 heteroatoms. The fourth-order valence-electron chi connectivity index (χ4n) is 1.55. The van der Waals surface area contributed by atoms with E-state index in [9.17, 15) is 9.00 Å². The quantitative estimate of drug-likeness (QED) is 0.843. The number of hydrogen-bond donors (Lipinski definition) is 0. The summed E-state index contributed by atoms with van der Waals surface area (Å²) in [5.74, 6) is -0.516. The molecule has 1 atom stereocenters. The highest BCUT2D eigenvalue weighted by Crippen LogP contribution is 2.24. The molecule has 0 radical (unpaired) electrons. The van der Waals surface area contributed by atoms with Crippen LogP contribution in [0.3, 0.4) is 0 Å². The first-order valence-electron chi connectivity index (χ1n) is 4.58. The second-order valence-electron chi connectivity index (χ2n) is 3.31. The van der Waals surface area contributed by atoms with Gasteiger partial charge in [-0.25, -0.2) is 14.0 Å². The van der Waals surface area contributed by atoms with Crippen LogP contribution in [0.4, 0.5) is 0 Å². The van der Waals surface area contributed by atoms with Crippen LogP contribution in [-0.2, 0) is 17.3 Å². The Bertz CT molecular complexity index is 697. The molecule has 17 heavy (non-hydrogen) atoms. The number of halogens is 1. The summed E-state index contributed by atoms with van der Waals surface area (Å²) in [6, 6.07) is 0. The normalized spacial score (nSPS) is 17.6. The average Bonchev–Trinajstić information content (AvgIpc) is 2.91. The van der Waals surface area contributed by atoms with Gasteiger partial charge < -0.3 is 4.42 Å². The highest BCUT2D eigenvalue weighted by Gasteiger charge is 2.23. The van der Waals surface area contributed by atoms with Gasteiger partial charge in [0.2, 0.25) is 5.09 Å². The van der Waals surface area contributed by atoms with Gasteiger partial charge in [-0.1, -0.05) is 11.6 Å². The van der Waals surface area contributed by atoms with Crippen LogP contribution >= 0.6 is 22.9 Å². The van der Waals surface area contributed by atoms with Crippen LogP contribution in [-0.4, -0.2) is 13.8 Å². The van der Waals surface area contributed by atoms with Crippen molar-refractivity contribution in [1.82, 2.24) is 9.55 Å². The molecule has 0 fully saturated rings. The number of thiazole rings is 1. The summed E-state index contributed by atoms with van der Waals surface area (Å²) in [5.41, 5.74) is 0.554. The van der Waals surface area contributed by atoms with Gasteiger partial charge in [0.1, 0.15) is 16.5 Å². The Morgan fingerprint density at radius 1 is 1.59 bits per heavy atom. The number of hydrogen-bond acceptors (Lipinski definition) is 5. The SMILES string of the molecule is O=c1oc2c(n1Cc1cnc(Cl)s1)C=CS2=O. The molecule has 2 aromatic heterocycles. The predicted octanol–water partition coefficient (Wildman–Crippen LogP) is 1.69. The third-order valence-corrected chi connectivity index (χ3v) is 4.41. The molecule has 3 rings (SSSR count). The van der Waals surface area contributed by atoms with E-state index in [1.165, 1.54) is 21.3 Å². The largest absolute Gasteiger partial charge is 0.420 e. The minimum Gasteiger partial charge on any atom is -0.398 e. The second-order valence-corrected chi connectivity index (χ2v) is 6.24. The summed E-state index contributed by atoms with van der Waals surface area (Å²) >= 11 is 7.01. The summed E-state index contributed by atoms with van der Waals surface area (Å²) in [6.07, 6.45) is 3.23. The molecule has 1 aliphatic heterocycles. The van der Waals surface area contributed by atoms with Crippen LogP contribution in [0.1, 0.15) is 10.6 Å². The van der Waals surface area contributed by atoms with Crippen molar-refractivity contribution in [3.8, 4) is 0 Å². The third kappa shape index (κ3) is 1.80. The topological polar surface area (TPSA) is 65.1 Å². The van der Waals surface area contributed by atoms with Crippen molar-refractivity contribution in [2.24, 2.45) is 0 Å².